The molecule has 0 aliphatic carbocycles. The molecule has 0 heterocycles. The average Bonchev–Trinajstić information content (AvgIpc) is 2.32. The van der Waals surface area contributed by atoms with E-state index in [1.165, 1.54) is 0 Å². The maximum atomic E-state index is 10.8. The van der Waals surface area contributed by atoms with Crippen LogP contribution in [0.5, 0.6) is 0 Å². The van der Waals surface area contributed by atoms with Crippen molar-refractivity contribution < 1.29 is 14.4 Å². The molecule has 0 bridgehead atoms. The number of hydrogen-bond donors (Lipinski definition) is 0. The zero-order valence-corrected chi connectivity index (χ0v) is 6.04. The highest BCUT2D eigenvalue weighted by atomic mass is 35.5. The molecule has 0 amide bonds. The summed E-state index contributed by atoms with van der Waals surface area (Å²) in [5.41, 5.74) is -0.514. The summed E-state index contributed by atoms with van der Waals surface area (Å²) in [6, 6.07) is -4.88. The van der Waals surface area contributed by atoms with Gasteiger partial charge in [-0.15, -0.1) is 0 Å². The molecule has 0 saturated heterocycles. The molecule has 0 atom stereocenters. The molecular formula is C9H7ClO. The summed E-state index contributed by atoms with van der Waals surface area (Å²) in [6.07, 6.45) is 0. The molecule has 0 aliphatic heterocycles. The smallest absolute Gasteiger partial charge is 0.245 e. The molecule has 1 nitrogen and oxygen atoms in total. The lowest BCUT2D eigenvalue weighted by molar-refractivity contribution is -0.107. The van der Waals surface area contributed by atoms with E-state index in [4.69, 9.17) is 21.2 Å². The fraction of sp³-hybridized carbons (Fsp3) is 0. The summed E-state index contributed by atoms with van der Waals surface area (Å²) < 4.78 is 51.9. The number of hydrogen-bond acceptors (Lipinski definition) is 1. The SMILES string of the molecule is [2H]/C(C(=O)Cl)=C(/[2H])c1c([2H])c([2H])c([2H])c([2H])c1[2H]. The topological polar surface area (TPSA) is 17.1 Å². The highest BCUT2D eigenvalue weighted by Crippen LogP contribution is 2.01. The third-order valence-electron chi connectivity index (χ3n) is 0.786. The van der Waals surface area contributed by atoms with Crippen molar-refractivity contribution in [1.82, 2.24) is 0 Å². The first-order chi connectivity index (χ1) is 8.20. The summed E-state index contributed by atoms with van der Waals surface area (Å²) in [6.45, 7) is 0. The number of carbonyl (C=O) groups is 1. The molecule has 1 aromatic rings. The summed E-state index contributed by atoms with van der Waals surface area (Å²) in [4.78, 5) is 10.8. The summed E-state index contributed by atoms with van der Waals surface area (Å²) >= 11 is 5.03. The molecule has 11 heavy (non-hydrogen) atoms. The van der Waals surface area contributed by atoms with Gasteiger partial charge < -0.3 is 0 Å². The Balaban J connectivity index is 3.73. The van der Waals surface area contributed by atoms with E-state index in [9.17, 15) is 4.79 Å². The van der Waals surface area contributed by atoms with Gasteiger partial charge in [0.15, 0.2) is 0 Å². The van der Waals surface area contributed by atoms with Gasteiger partial charge >= 0.3 is 0 Å². The van der Waals surface area contributed by atoms with Gasteiger partial charge in [0, 0.05) is 0 Å². The standard InChI is InChI=1S/C9H7ClO/c10-9(11)7-6-8-4-2-1-3-5-8/h1-7H/b7-6+/i1D,2D,3D,4D,5D,6D,7D. The molecule has 0 spiro atoms. The molecule has 0 N–H and O–H groups in total. The van der Waals surface area contributed by atoms with Crippen LogP contribution in [0.25, 0.3) is 6.05 Å². The van der Waals surface area contributed by atoms with E-state index < -0.39 is 53.1 Å². The number of benzene rings is 1. The monoisotopic (exact) mass is 173 g/mol. The van der Waals surface area contributed by atoms with Crippen LogP contribution in [0.1, 0.15) is 15.2 Å². The van der Waals surface area contributed by atoms with Crippen molar-refractivity contribution in [1.29, 1.82) is 0 Å². The Hall–Kier alpha value is -1.08. The first-order valence-electron chi connectivity index (χ1n) is 6.14. The van der Waals surface area contributed by atoms with Crippen LogP contribution >= 0.6 is 11.6 Å². The average molecular weight is 174 g/mol. The van der Waals surface area contributed by atoms with Crippen molar-refractivity contribution in [2.75, 3.05) is 0 Å². The lowest BCUT2D eigenvalue weighted by atomic mass is 10.2. The molecule has 2 heteroatoms. The Morgan fingerprint density at radius 3 is 2.73 bits per heavy atom. The van der Waals surface area contributed by atoms with E-state index in [-0.39, 0.29) is 0 Å². The van der Waals surface area contributed by atoms with E-state index in [1.54, 1.807) is 0 Å². The van der Waals surface area contributed by atoms with Crippen LogP contribution < -0.4 is 0 Å². The van der Waals surface area contributed by atoms with Crippen molar-refractivity contribution in [2.24, 2.45) is 0 Å². The van der Waals surface area contributed by atoms with Gasteiger partial charge in [0.05, 0.1) is 9.60 Å². The predicted octanol–water partition coefficient (Wildman–Crippen LogP) is 2.47. The van der Waals surface area contributed by atoms with E-state index >= 15 is 0 Å². The second kappa shape index (κ2) is 3.94. The fourth-order valence-electron chi connectivity index (χ4n) is 0.424. The van der Waals surface area contributed by atoms with Gasteiger partial charge in [0.25, 0.3) is 0 Å². The molecule has 0 saturated carbocycles. The molecule has 1 rings (SSSR count). The Morgan fingerprint density at radius 1 is 1.55 bits per heavy atom. The molecule has 0 fully saturated rings. The van der Waals surface area contributed by atoms with Gasteiger partial charge in [0.1, 0.15) is 0 Å². The van der Waals surface area contributed by atoms with Crippen molar-refractivity contribution >= 4 is 22.9 Å². The van der Waals surface area contributed by atoms with Crippen LogP contribution in [0, 0.1) is 0 Å². The zero-order valence-electron chi connectivity index (χ0n) is 12.3. The van der Waals surface area contributed by atoms with Crippen LogP contribution in [0.3, 0.4) is 0 Å². The summed E-state index contributed by atoms with van der Waals surface area (Å²) in [5, 5.41) is -1.23. The molecule has 0 unspecified atom stereocenters. The maximum absolute atomic E-state index is 10.8. The summed E-state index contributed by atoms with van der Waals surface area (Å²) in [7, 11) is 0. The Kier molecular flexibility index (Phi) is 0.987. The van der Waals surface area contributed by atoms with Gasteiger partial charge in [-0.3, -0.25) is 4.79 Å². The lowest BCUT2D eigenvalue weighted by Crippen LogP contribution is -1.75. The van der Waals surface area contributed by atoms with E-state index in [1.807, 2.05) is 0 Å². The van der Waals surface area contributed by atoms with Crippen LogP contribution in [-0.4, -0.2) is 5.24 Å². The quantitative estimate of drug-likeness (QED) is 0.496. The molecule has 56 valence electrons. The predicted molar refractivity (Wildman–Crippen MR) is 46.3 cm³/mol. The second-order valence-electron chi connectivity index (χ2n) is 1.52. The van der Waals surface area contributed by atoms with Gasteiger partial charge in [-0.05, 0) is 23.2 Å². The molecule has 0 radical (unpaired) electrons. The fourth-order valence-corrected chi connectivity index (χ4v) is 0.471. The largest absolute Gasteiger partial charge is 0.276 e. The molecule has 0 aliphatic rings. The first kappa shape index (κ1) is 2.76. The van der Waals surface area contributed by atoms with Crippen molar-refractivity contribution in [2.45, 2.75) is 0 Å². The van der Waals surface area contributed by atoms with Crippen LogP contribution in [0.15, 0.2) is 36.3 Å². The minimum Gasteiger partial charge on any atom is -0.276 e. The van der Waals surface area contributed by atoms with Crippen molar-refractivity contribution in [3.05, 3.63) is 41.8 Å². The number of rotatable bonds is 2. The van der Waals surface area contributed by atoms with Gasteiger partial charge in [-0.2, -0.15) is 0 Å². The minimum absolute atomic E-state index is 0.514. The van der Waals surface area contributed by atoms with E-state index in [0.29, 0.717) is 0 Å². The van der Waals surface area contributed by atoms with Gasteiger partial charge in [-0.25, -0.2) is 0 Å². The third-order valence-corrected chi connectivity index (χ3v) is 0.880. The van der Waals surface area contributed by atoms with Gasteiger partial charge in [-0.1, -0.05) is 36.3 Å². The normalized spacial score (nSPS) is 21.0. The highest BCUT2D eigenvalue weighted by Gasteiger charge is 1.85. The summed E-state index contributed by atoms with van der Waals surface area (Å²) in [5.74, 6) is 0. The van der Waals surface area contributed by atoms with Crippen LogP contribution in [-0.2, 0) is 4.79 Å². The van der Waals surface area contributed by atoms with Crippen molar-refractivity contribution in [3.63, 3.8) is 0 Å². The van der Waals surface area contributed by atoms with Crippen LogP contribution in [0.4, 0.5) is 0 Å². The zero-order chi connectivity index (χ0) is 14.2. The molecular weight excluding hydrogens is 160 g/mol. The maximum Gasteiger partial charge on any atom is 0.245 e. The van der Waals surface area contributed by atoms with E-state index in [2.05, 4.69) is 0 Å². The molecule has 1 aromatic carbocycles. The number of halogens is 1. The van der Waals surface area contributed by atoms with Crippen molar-refractivity contribution in [3.8, 4) is 0 Å². The molecule has 0 aromatic heterocycles. The van der Waals surface area contributed by atoms with Gasteiger partial charge in [0.2, 0.25) is 5.24 Å². The number of allylic oxidation sites excluding steroid dienone is 1. The highest BCUT2D eigenvalue weighted by molar-refractivity contribution is 6.66. The Morgan fingerprint density at radius 2 is 2.18 bits per heavy atom. The van der Waals surface area contributed by atoms with E-state index in [0.717, 1.165) is 0 Å². The lowest BCUT2D eigenvalue weighted by Gasteiger charge is -1.87. The second-order valence-corrected chi connectivity index (χ2v) is 1.87. The minimum atomic E-state index is -1.23. The number of carbonyl (C=O) groups excluding carboxylic acids is 1. The Labute approximate surface area is 80.1 Å². The third kappa shape index (κ3) is 3.01. The van der Waals surface area contributed by atoms with Crippen LogP contribution in [0.2, 0.25) is 0 Å². The Bertz CT molecular complexity index is 538. The first-order valence-corrected chi connectivity index (χ1v) is 3.02.